The molecule has 0 N–H and O–H groups in total. The van der Waals surface area contributed by atoms with Gasteiger partial charge in [0, 0.05) is 11.5 Å². The average molecular weight is 202 g/mol. The van der Waals surface area contributed by atoms with Gasteiger partial charge in [0.1, 0.15) is 0 Å². The Morgan fingerprint density at radius 2 is 1.50 bits per heavy atom. The lowest BCUT2D eigenvalue weighted by Gasteiger charge is -1.99. The Kier molecular flexibility index (Phi) is 8.48. The highest BCUT2D eigenvalue weighted by molar-refractivity contribution is 7.80. The second-order valence-corrected chi connectivity index (χ2v) is 3.07. The molecule has 0 bridgehead atoms. The van der Waals surface area contributed by atoms with Crippen molar-refractivity contribution in [2.75, 3.05) is 24.7 Å². The molecule has 0 aliphatic heterocycles. The molecule has 0 aliphatic carbocycles. The summed E-state index contributed by atoms with van der Waals surface area (Å²) < 4.78 is 19.8. The first kappa shape index (κ1) is 10.8. The molecule has 0 aromatic carbocycles. The van der Waals surface area contributed by atoms with E-state index in [0.29, 0.717) is 24.7 Å². The molecule has 10 heavy (non-hydrogen) atoms. The van der Waals surface area contributed by atoms with E-state index in [9.17, 15) is 4.21 Å². The smallest absolute Gasteiger partial charge is 0.268 e. The van der Waals surface area contributed by atoms with Crippen molar-refractivity contribution in [3.63, 3.8) is 0 Å². The summed E-state index contributed by atoms with van der Waals surface area (Å²) in [5.74, 6) is 1.08. The monoisotopic (exact) mass is 202 g/mol. The van der Waals surface area contributed by atoms with Gasteiger partial charge in [0.2, 0.25) is 0 Å². The molecule has 0 aliphatic rings. The number of rotatable bonds is 6. The quantitative estimate of drug-likeness (QED) is 0.614. The highest BCUT2D eigenvalue weighted by atomic mass is 32.2. The minimum Gasteiger partial charge on any atom is -0.268 e. The third-order valence-electron chi connectivity index (χ3n) is 0.542. The van der Waals surface area contributed by atoms with Gasteiger partial charge in [-0.2, -0.15) is 29.5 Å². The summed E-state index contributed by atoms with van der Waals surface area (Å²) in [5.41, 5.74) is 0. The van der Waals surface area contributed by atoms with Crippen molar-refractivity contribution in [2.24, 2.45) is 0 Å². The van der Waals surface area contributed by atoms with Crippen LogP contribution in [0.15, 0.2) is 0 Å². The molecule has 0 radical (unpaired) electrons. The van der Waals surface area contributed by atoms with Gasteiger partial charge < -0.3 is 0 Å². The van der Waals surface area contributed by atoms with Gasteiger partial charge in [-0.1, -0.05) is 0 Å². The molecular formula is C4H10O3S3. The fraction of sp³-hybridized carbons (Fsp3) is 1.00. The molecule has 0 aromatic heterocycles. The first-order valence-corrected chi connectivity index (χ1v) is 4.97. The molecule has 62 valence electrons. The fourth-order valence-electron chi connectivity index (χ4n) is 0.245. The highest BCUT2D eigenvalue weighted by Gasteiger charge is 1.97. The van der Waals surface area contributed by atoms with Crippen LogP contribution in [0.2, 0.25) is 0 Å². The fourth-order valence-corrected chi connectivity index (χ4v) is 1.18. The Balaban J connectivity index is 3.09. The normalized spacial score (nSPS) is 10.7. The van der Waals surface area contributed by atoms with E-state index < -0.39 is 11.4 Å². The molecule has 0 spiro atoms. The average Bonchev–Trinajstić information content (AvgIpc) is 1.97. The molecule has 0 unspecified atom stereocenters. The first-order chi connectivity index (χ1) is 4.81. The van der Waals surface area contributed by atoms with Crippen LogP contribution in [0.5, 0.6) is 0 Å². The Hall–Kier alpha value is 0.770. The molecule has 0 amide bonds. The summed E-state index contributed by atoms with van der Waals surface area (Å²) in [4.78, 5) is 0. The molecule has 6 heteroatoms. The Morgan fingerprint density at radius 1 is 1.10 bits per heavy atom. The molecule has 0 saturated carbocycles. The number of hydrogen-bond acceptors (Lipinski definition) is 5. The van der Waals surface area contributed by atoms with Crippen molar-refractivity contribution in [3.05, 3.63) is 0 Å². The van der Waals surface area contributed by atoms with Gasteiger partial charge in [-0.15, -0.1) is 0 Å². The standard InChI is InChI=1S/C4H10O3S3/c5-10(6-1-3-8)7-2-4-9/h8-9H,1-4H2. The topological polar surface area (TPSA) is 35.5 Å². The van der Waals surface area contributed by atoms with Crippen LogP contribution in [-0.2, 0) is 19.7 Å². The van der Waals surface area contributed by atoms with E-state index in [0.717, 1.165) is 0 Å². The van der Waals surface area contributed by atoms with E-state index in [4.69, 9.17) is 0 Å². The molecule has 0 aromatic rings. The van der Waals surface area contributed by atoms with E-state index >= 15 is 0 Å². The molecule has 0 heterocycles. The second kappa shape index (κ2) is 7.87. The third kappa shape index (κ3) is 6.88. The van der Waals surface area contributed by atoms with Crippen LogP contribution >= 0.6 is 25.3 Å². The molecule has 0 fully saturated rings. The molecule has 3 nitrogen and oxygen atoms in total. The molecule has 0 atom stereocenters. The summed E-state index contributed by atoms with van der Waals surface area (Å²) in [6.07, 6.45) is 0. The minimum atomic E-state index is -1.62. The summed E-state index contributed by atoms with van der Waals surface area (Å²) in [5, 5.41) is 0. The van der Waals surface area contributed by atoms with E-state index in [1.165, 1.54) is 0 Å². The Morgan fingerprint density at radius 3 is 1.80 bits per heavy atom. The number of thiol groups is 2. The van der Waals surface area contributed by atoms with Crippen LogP contribution in [0.4, 0.5) is 0 Å². The predicted octanol–water partition coefficient (Wildman–Crippen LogP) is 0.458. The molecule has 0 rings (SSSR count). The maximum absolute atomic E-state index is 10.6. The molecular weight excluding hydrogens is 192 g/mol. The number of hydrogen-bond donors (Lipinski definition) is 2. The van der Waals surface area contributed by atoms with Gasteiger partial charge in [0.15, 0.2) is 0 Å². The zero-order valence-electron chi connectivity index (χ0n) is 5.36. The maximum Gasteiger partial charge on any atom is 0.304 e. The largest absolute Gasteiger partial charge is 0.304 e. The first-order valence-electron chi connectivity index (χ1n) is 2.71. The van der Waals surface area contributed by atoms with Crippen molar-refractivity contribution in [1.82, 2.24) is 0 Å². The highest BCUT2D eigenvalue weighted by Crippen LogP contribution is 1.90. The van der Waals surface area contributed by atoms with Gasteiger partial charge >= 0.3 is 11.4 Å². The third-order valence-corrected chi connectivity index (χ3v) is 1.63. The summed E-state index contributed by atoms with van der Waals surface area (Å²) in [6, 6.07) is 0. The van der Waals surface area contributed by atoms with Crippen LogP contribution in [-0.4, -0.2) is 28.9 Å². The Labute approximate surface area is 74.2 Å². The van der Waals surface area contributed by atoms with Gasteiger partial charge in [-0.3, -0.25) is 8.37 Å². The van der Waals surface area contributed by atoms with Gasteiger partial charge in [-0.05, 0) is 0 Å². The second-order valence-electron chi connectivity index (χ2n) is 1.30. The zero-order chi connectivity index (χ0) is 7.82. The summed E-state index contributed by atoms with van der Waals surface area (Å²) >= 11 is 6.09. The van der Waals surface area contributed by atoms with Crippen molar-refractivity contribution < 1.29 is 12.6 Å². The van der Waals surface area contributed by atoms with Crippen molar-refractivity contribution >= 4 is 36.6 Å². The zero-order valence-corrected chi connectivity index (χ0v) is 7.96. The van der Waals surface area contributed by atoms with Crippen molar-refractivity contribution in [1.29, 1.82) is 0 Å². The van der Waals surface area contributed by atoms with Crippen LogP contribution in [0.3, 0.4) is 0 Å². The summed E-state index contributed by atoms with van der Waals surface area (Å²) in [6.45, 7) is 0.671. The van der Waals surface area contributed by atoms with Crippen LogP contribution in [0, 0.1) is 0 Å². The summed E-state index contributed by atoms with van der Waals surface area (Å²) in [7, 11) is 0. The molecule has 0 saturated heterocycles. The van der Waals surface area contributed by atoms with E-state index in [2.05, 4.69) is 33.6 Å². The van der Waals surface area contributed by atoms with E-state index in [-0.39, 0.29) is 0 Å². The van der Waals surface area contributed by atoms with Gasteiger partial charge in [0.05, 0.1) is 13.2 Å². The lowest BCUT2D eigenvalue weighted by Crippen LogP contribution is -2.05. The van der Waals surface area contributed by atoms with Crippen molar-refractivity contribution in [3.8, 4) is 0 Å². The van der Waals surface area contributed by atoms with Gasteiger partial charge in [0.25, 0.3) is 0 Å². The van der Waals surface area contributed by atoms with E-state index in [1.54, 1.807) is 0 Å². The van der Waals surface area contributed by atoms with Crippen LogP contribution in [0.1, 0.15) is 0 Å². The van der Waals surface area contributed by atoms with Crippen LogP contribution in [0.25, 0.3) is 0 Å². The minimum absolute atomic E-state index is 0.336. The SMILES string of the molecule is O=S(OCCS)OCCS. The lowest BCUT2D eigenvalue weighted by molar-refractivity contribution is 0.272. The van der Waals surface area contributed by atoms with Crippen LogP contribution < -0.4 is 0 Å². The van der Waals surface area contributed by atoms with Crippen molar-refractivity contribution in [2.45, 2.75) is 0 Å². The lowest BCUT2D eigenvalue weighted by atomic mass is 10.9. The van der Waals surface area contributed by atoms with Gasteiger partial charge in [-0.25, -0.2) is 0 Å². The maximum atomic E-state index is 10.6. The van der Waals surface area contributed by atoms with E-state index in [1.807, 2.05) is 0 Å². The predicted molar refractivity (Wildman–Crippen MR) is 47.8 cm³/mol. The Bertz CT molecular complexity index is 87.7.